The third-order valence-electron chi connectivity index (χ3n) is 4.15. The summed E-state index contributed by atoms with van der Waals surface area (Å²) in [5.41, 5.74) is 1.88. The van der Waals surface area contributed by atoms with E-state index < -0.39 is 0 Å². The summed E-state index contributed by atoms with van der Waals surface area (Å²) in [7, 11) is 0. The maximum Gasteiger partial charge on any atom is 0.129 e. The summed E-state index contributed by atoms with van der Waals surface area (Å²) in [4.78, 5) is 2.18. The smallest absolute Gasteiger partial charge is 0.129 e. The van der Waals surface area contributed by atoms with Gasteiger partial charge in [-0.15, -0.1) is 0 Å². The molecule has 1 aliphatic heterocycles. The molecule has 2 nitrogen and oxygen atoms in total. The number of hydrogen-bond donors (Lipinski definition) is 1. The van der Waals surface area contributed by atoms with Crippen LogP contribution in [0, 0.1) is 11.2 Å². The molecule has 2 unspecified atom stereocenters. The van der Waals surface area contributed by atoms with Crippen molar-refractivity contribution in [3.8, 4) is 0 Å². The largest absolute Gasteiger partial charge is 0.348 e. The fourth-order valence-electron chi connectivity index (χ4n) is 3.28. The van der Waals surface area contributed by atoms with E-state index in [0.29, 0.717) is 17.1 Å². The SMILES string of the molecule is CCSC1CCCC1N1Cc2ccc(F)cc2C1=N. The van der Waals surface area contributed by atoms with E-state index in [1.807, 2.05) is 17.8 Å². The molecule has 1 fully saturated rings. The van der Waals surface area contributed by atoms with E-state index >= 15 is 0 Å². The molecule has 1 aromatic rings. The number of hydrogen-bond acceptors (Lipinski definition) is 2. The number of amidine groups is 1. The third-order valence-corrected chi connectivity index (χ3v) is 5.47. The Hall–Kier alpha value is -1.03. The van der Waals surface area contributed by atoms with Crippen molar-refractivity contribution in [3.05, 3.63) is 35.1 Å². The molecule has 2 atom stereocenters. The molecule has 19 heavy (non-hydrogen) atoms. The van der Waals surface area contributed by atoms with Crippen LogP contribution < -0.4 is 0 Å². The van der Waals surface area contributed by atoms with Gasteiger partial charge in [0.15, 0.2) is 0 Å². The molecule has 0 amide bonds. The van der Waals surface area contributed by atoms with Gasteiger partial charge in [-0.25, -0.2) is 4.39 Å². The second kappa shape index (κ2) is 5.16. The van der Waals surface area contributed by atoms with Crippen molar-refractivity contribution in [1.29, 1.82) is 5.41 Å². The molecule has 0 bridgehead atoms. The zero-order valence-corrected chi connectivity index (χ0v) is 12.0. The van der Waals surface area contributed by atoms with Crippen molar-refractivity contribution in [3.63, 3.8) is 0 Å². The lowest BCUT2D eigenvalue weighted by Crippen LogP contribution is -2.39. The summed E-state index contributed by atoms with van der Waals surface area (Å²) in [6, 6.07) is 5.29. The summed E-state index contributed by atoms with van der Waals surface area (Å²) in [6.07, 6.45) is 3.66. The molecule has 0 spiro atoms. The average Bonchev–Trinajstić information content (AvgIpc) is 2.96. The molecular formula is C15H19FN2S. The minimum Gasteiger partial charge on any atom is -0.348 e. The van der Waals surface area contributed by atoms with Crippen molar-refractivity contribution in [2.24, 2.45) is 0 Å². The minimum absolute atomic E-state index is 0.240. The van der Waals surface area contributed by atoms with E-state index in [1.54, 1.807) is 0 Å². The molecule has 1 saturated carbocycles. The van der Waals surface area contributed by atoms with E-state index in [1.165, 1.54) is 25.0 Å². The highest BCUT2D eigenvalue weighted by Gasteiger charge is 2.37. The molecule has 0 aromatic heterocycles. The molecule has 0 saturated heterocycles. The van der Waals surface area contributed by atoms with Gasteiger partial charge in [0.25, 0.3) is 0 Å². The van der Waals surface area contributed by atoms with Gasteiger partial charge in [-0.1, -0.05) is 19.4 Å². The zero-order valence-electron chi connectivity index (χ0n) is 11.2. The van der Waals surface area contributed by atoms with E-state index in [-0.39, 0.29) is 5.82 Å². The summed E-state index contributed by atoms with van der Waals surface area (Å²) in [5, 5.41) is 8.95. The highest BCUT2D eigenvalue weighted by molar-refractivity contribution is 7.99. The first-order valence-corrected chi connectivity index (χ1v) is 8.01. The summed E-state index contributed by atoms with van der Waals surface area (Å²) in [5.74, 6) is 1.41. The highest BCUT2D eigenvalue weighted by Crippen LogP contribution is 2.37. The lowest BCUT2D eigenvalue weighted by Gasteiger charge is -2.30. The van der Waals surface area contributed by atoms with Gasteiger partial charge in [-0.05, 0) is 36.3 Å². The van der Waals surface area contributed by atoms with Crippen LogP contribution in [0.1, 0.15) is 37.3 Å². The summed E-state index contributed by atoms with van der Waals surface area (Å²) in [6.45, 7) is 2.97. The number of fused-ring (bicyclic) bond motifs is 1. The fourth-order valence-corrected chi connectivity index (χ4v) is 4.55. The molecule has 1 heterocycles. The van der Waals surface area contributed by atoms with Crippen LogP contribution >= 0.6 is 11.8 Å². The summed E-state index contributed by atoms with van der Waals surface area (Å²) < 4.78 is 13.3. The molecule has 1 aliphatic carbocycles. The van der Waals surface area contributed by atoms with Crippen LogP contribution in [0.5, 0.6) is 0 Å². The van der Waals surface area contributed by atoms with Crippen molar-refractivity contribution >= 4 is 17.6 Å². The first-order valence-electron chi connectivity index (χ1n) is 6.96. The van der Waals surface area contributed by atoms with Gasteiger partial charge in [0.05, 0.1) is 0 Å². The second-order valence-electron chi connectivity index (χ2n) is 5.27. The minimum atomic E-state index is -0.240. The number of halogens is 1. The lowest BCUT2D eigenvalue weighted by atomic mass is 10.1. The van der Waals surface area contributed by atoms with Gasteiger partial charge in [-0.2, -0.15) is 11.8 Å². The topological polar surface area (TPSA) is 27.1 Å². The molecule has 3 rings (SSSR count). The Balaban J connectivity index is 1.83. The maximum atomic E-state index is 13.3. The van der Waals surface area contributed by atoms with Crippen LogP contribution in [0.4, 0.5) is 4.39 Å². The Morgan fingerprint density at radius 3 is 3.05 bits per heavy atom. The average molecular weight is 278 g/mol. The number of nitrogens with zero attached hydrogens (tertiary/aromatic N) is 1. The van der Waals surface area contributed by atoms with Gasteiger partial charge in [-0.3, -0.25) is 5.41 Å². The second-order valence-corrected chi connectivity index (χ2v) is 6.79. The number of rotatable bonds is 3. The standard InChI is InChI=1S/C15H19FN2S/c1-2-19-14-5-3-4-13(14)18-9-10-6-7-11(16)8-12(10)15(18)17/h6-8,13-14,17H,2-5,9H2,1H3. The molecule has 1 aromatic carbocycles. The Morgan fingerprint density at radius 1 is 1.42 bits per heavy atom. The molecule has 4 heteroatoms. The van der Waals surface area contributed by atoms with Crippen LogP contribution in [-0.2, 0) is 6.54 Å². The van der Waals surface area contributed by atoms with Crippen LogP contribution in [0.2, 0.25) is 0 Å². The van der Waals surface area contributed by atoms with E-state index in [0.717, 1.165) is 29.8 Å². The predicted octanol–water partition coefficient (Wildman–Crippen LogP) is 3.64. The summed E-state index contributed by atoms with van der Waals surface area (Å²) >= 11 is 2.01. The quantitative estimate of drug-likeness (QED) is 0.914. The Labute approximate surface area is 117 Å². The predicted molar refractivity (Wildman–Crippen MR) is 78.3 cm³/mol. The first kappa shape index (κ1) is 13.0. The van der Waals surface area contributed by atoms with Gasteiger partial charge < -0.3 is 4.90 Å². The van der Waals surface area contributed by atoms with Crippen LogP contribution in [0.3, 0.4) is 0 Å². The number of benzene rings is 1. The van der Waals surface area contributed by atoms with E-state index in [9.17, 15) is 4.39 Å². The van der Waals surface area contributed by atoms with Gasteiger partial charge >= 0.3 is 0 Å². The zero-order chi connectivity index (χ0) is 13.4. The Bertz CT molecular complexity index is 503. The monoisotopic (exact) mass is 278 g/mol. The lowest BCUT2D eigenvalue weighted by molar-refractivity contribution is 0.323. The normalized spacial score (nSPS) is 26.0. The van der Waals surface area contributed by atoms with Crippen molar-refractivity contribution in [2.75, 3.05) is 5.75 Å². The van der Waals surface area contributed by atoms with E-state index in [4.69, 9.17) is 5.41 Å². The van der Waals surface area contributed by atoms with Crippen molar-refractivity contribution < 1.29 is 4.39 Å². The molecular weight excluding hydrogens is 259 g/mol. The maximum absolute atomic E-state index is 13.3. The number of nitrogens with one attached hydrogen (secondary N) is 1. The van der Waals surface area contributed by atoms with Crippen LogP contribution in [0.15, 0.2) is 18.2 Å². The van der Waals surface area contributed by atoms with Gasteiger partial charge in [0, 0.05) is 23.4 Å². The molecule has 102 valence electrons. The molecule has 2 aliphatic rings. The van der Waals surface area contributed by atoms with Gasteiger partial charge in [0.2, 0.25) is 0 Å². The van der Waals surface area contributed by atoms with E-state index in [2.05, 4.69) is 11.8 Å². The first-order chi connectivity index (χ1) is 9.20. The van der Waals surface area contributed by atoms with Crippen molar-refractivity contribution in [2.45, 2.75) is 44.0 Å². The van der Waals surface area contributed by atoms with Crippen LogP contribution in [0.25, 0.3) is 0 Å². The van der Waals surface area contributed by atoms with Gasteiger partial charge in [0.1, 0.15) is 11.7 Å². The highest BCUT2D eigenvalue weighted by atomic mass is 32.2. The molecule has 1 N–H and O–H groups in total. The number of thioether (sulfide) groups is 1. The Kier molecular flexibility index (Phi) is 3.52. The fraction of sp³-hybridized carbons (Fsp3) is 0.533. The van der Waals surface area contributed by atoms with Crippen LogP contribution in [-0.4, -0.2) is 27.8 Å². The Morgan fingerprint density at radius 2 is 2.26 bits per heavy atom. The third kappa shape index (κ3) is 2.27. The molecule has 0 radical (unpaired) electrons. The van der Waals surface area contributed by atoms with Crippen molar-refractivity contribution in [1.82, 2.24) is 4.90 Å².